The third-order valence-corrected chi connectivity index (χ3v) is 4.74. The lowest BCUT2D eigenvalue weighted by Gasteiger charge is -2.27. The molecule has 9 heteroatoms. The van der Waals surface area contributed by atoms with Crippen molar-refractivity contribution in [1.82, 2.24) is 15.5 Å². The van der Waals surface area contributed by atoms with Crippen LogP contribution < -0.4 is 16.4 Å². The zero-order valence-corrected chi connectivity index (χ0v) is 15.5. The van der Waals surface area contributed by atoms with Gasteiger partial charge < -0.3 is 15.8 Å². The molecule has 1 unspecified atom stereocenters. The van der Waals surface area contributed by atoms with Crippen LogP contribution in [-0.4, -0.2) is 60.9 Å². The van der Waals surface area contributed by atoms with Crippen LogP contribution in [0.4, 0.5) is 0 Å². The normalized spacial score (nSPS) is 19.2. The fourth-order valence-electron chi connectivity index (χ4n) is 3.35. The number of hydrogen-bond acceptors (Lipinski definition) is 7. The van der Waals surface area contributed by atoms with Gasteiger partial charge in [-0.3, -0.25) is 29.4 Å². The van der Waals surface area contributed by atoms with Crippen molar-refractivity contribution in [3.8, 4) is 0 Å². The Kier molecular flexibility index (Phi) is 6.50. The maximum absolute atomic E-state index is 12.8. The Morgan fingerprint density at radius 3 is 2.68 bits per heavy atom. The van der Waals surface area contributed by atoms with Crippen molar-refractivity contribution in [3.05, 3.63) is 34.9 Å². The summed E-state index contributed by atoms with van der Waals surface area (Å²) >= 11 is 0. The molecule has 4 N–H and O–H groups in total. The zero-order valence-electron chi connectivity index (χ0n) is 15.5. The van der Waals surface area contributed by atoms with Gasteiger partial charge in [0.15, 0.2) is 0 Å². The number of carbonyl (C=O) groups is 4. The second kappa shape index (κ2) is 9.05. The maximum Gasteiger partial charge on any atom is 0.262 e. The van der Waals surface area contributed by atoms with E-state index in [1.807, 2.05) is 0 Å². The monoisotopic (exact) mass is 388 g/mol. The molecule has 3 rings (SSSR count). The molecule has 2 aliphatic heterocycles. The first-order valence-electron chi connectivity index (χ1n) is 9.36. The summed E-state index contributed by atoms with van der Waals surface area (Å²) < 4.78 is 5.30. The highest BCUT2D eigenvalue weighted by molar-refractivity contribution is 6.23. The molecule has 1 atom stereocenters. The van der Waals surface area contributed by atoms with Gasteiger partial charge in [-0.05, 0) is 37.1 Å². The third kappa shape index (κ3) is 4.27. The van der Waals surface area contributed by atoms with E-state index in [1.54, 1.807) is 18.2 Å². The van der Waals surface area contributed by atoms with Crippen molar-refractivity contribution < 1.29 is 23.9 Å². The molecule has 9 nitrogen and oxygen atoms in total. The van der Waals surface area contributed by atoms with E-state index in [0.717, 1.165) is 23.4 Å². The summed E-state index contributed by atoms with van der Waals surface area (Å²) in [5, 5.41) is 5.45. The van der Waals surface area contributed by atoms with E-state index in [2.05, 4.69) is 10.6 Å². The number of ether oxygens (including phenoxy) is 1. The number of benzene rings is 1. The van der Waals surface area contributed by atoms with Gasteiger partial charge in [-0.15, -0.1) is 0 Å². The molecule has 28 heavy (non-hydrogen) atoms. The first-order chi connectivity index (χ1) is 13.5. The molecule has 0 aromatic heterocycles. The highest BCUT2D eigenvalue weighted by Gasteiger charge is 2.44. The fourth-order valence-corrected chi connectivity index (χ4v) is 3.35. The van der Waals surface area contributed by atoms with Crippen LogP contribution in [0.1, 0.15) is 45.5 Å². The van der Waals surface area contributed by atoms with Crippen molar-refractivity contribution in [1.29, 1.82) is 0 Å². The van der Waals surface area contributed by atoms with E-state index in [1.165, 1.54) is 0 Å². The number of rotatable bonds is 9. The predicted octanol–water partition coefficient (Wildman–Crippen LogP) is -0.457. The Hall–Kier alpha value is -2.62. The lowest BCUT2D eigenvalue weighted by atomic mass is 10.0. The molecule has 0 aliphatic carbocycles. The SMILES string of the molecule is NCCOCCCNCc1ccc2c(c1)C(=O)N(C1CCC(=O)NC1=O)C2=O. The van der Waals surface area contributed by atoms with E-state index in [0.29, 0.717) is 31.9 Å². The van der Waals surface area contributed by atoms with E-state index < -0.39 is 23.8 Å². The molecule has 2 heterocycles. The van der Waals surface area contributed by atoms with Gasteiger partial charge in [-0.2, -0.15) is 0 Å². The van der Waals surface area contributed by atoms with Crippen molar-refractivity contribution in [3.63, 3.8) is 0 Å². The van der Waals surface area contributed by atoms with Crippen LogP contribution in [0.5, 0.6) is 0 Å². The summed E-state index contributed by atoms with van der Waals surface area (Å²) in [7, 11) is 0. The molecular formula is C19H24N4O5. The minimum absolute atomic E-state index is 0.105. The van der Waals surface area contributed by atoms with Gasteiger partial charge in [-0.1, -0.05) is 6.07 Å². The van der Waals surface area contributed by atoms with Gasteiger partial charge in [0.05, 0.1) is 17.7 Å². The van der Waals surface area contributed by atoms with Gasteiger partial charge >= 0.3 is 0 Å². The number of hydrogen-bond donors (Lipinski definition) is 3. The summed E-state index contributed by atoms with van der Waals surface area (Å²) in [5.41, 5.74) is 6.80. The summed E-state index contributed by atoms with van der Waals surface area (Å²) in [6.07, 6.45) is 1.09. The first-order valence-corrected chi connectivity index (χ1v) is 9.36. The summed E-state index contributed by atoms with van der Waals surface area (Å²) in [5.74, 6) is -1.98. The average Bonchev–Trinajstić information content (AvgIpc) is 2.92. The van der Waals surface area contributed by atoms with Gasteiger partial charge in [-0.25, -0.2) is 0 Å². The molecule has 2 aliphatic rings. The molecule has 0 saturated carbocycles. The van der Waals surface area contributed by atoms with E-state index in [9.17, 15) is 19.2 Å². The smallest absolute Gasteiger partial charge is 0.262 e. The maximum atomic E-state index is 12.8. The Labute approximate surface area is 162 Å². The molecule has 1 fully saturated rings. The molecule has 4 amide bonds. The first kappa shape index (κ1) is 20.1. The second-order valence-corrected chi connectivity index (χ2v) is 6.76. The number of carbonyl (C=O) groups excluding carboxylic acids is 4. The molecule has 0 spiro atoms. The van der Waals surface area contributed by atoms with Crippen LogP contribution >= 0.6 is 0 Å². The summed E-state index contributed by atoms with van der Waals surface area (Å²) in [6, 6.07) is 4.14. The summed E-state index contributed by atoms with van der Waals surface area (Å²) in [4.78, 5) is 49.7. The number of piperidine rings is 1. The minimum atomic E-state index is -0.944. The molecule has 1 aromatic carbocycles. The van der Waals surface area contributed by atoms with Gasteiger partial charge in [0, 0.05) is 26.1 Å². The van der Waals surface area contributed by atoms with Crippen molar-refractivity contribution in [2.24, 2.45) is 5.73 Å². The van der Waals surface area contributed by atoms with E-state index >= 15 is 0 Å². The van der Waals surface area contributed by atoms with Gasteiger partial charge in [0.2, 0.25) is 11.8 Å². The third-order valence-electron chi connectivity index (χ3n) is 4.74. The fraction of sp³-hybridized carbons (Fsp3) is 0.474. The highest BCUT2D eigenvalue weighted by atomic mass is 16.5. The van der Waals surface area contributed by atoms with Crippen LogP contribution in [0.2, 0.25) is 0 Å². The number of nitrogens with two attached hydrogens (primary N) is 1. The highest BCUT2D eigenvalue weighted by Crippen LogP contribution is 2.28. The molecule has 0 radical (unpaired) electrons. The van der Waals surface area contributed by atoms with E-state index in [4.69, 9.17) is 10.5 Å². The number of nitrogens with zero attached hydrogens (tertiary/aromatic N) is 1. The molecule has 0 bridgehead atoms. The molecule has 150 valence electrons. The van der Waals surface area contributed by atoms with Crippen molar-refractivity contribution >= 4 is 23.6 Å². The number of amides is 4. The lowest BCUT2D eigenvalue weighted by Crippen LogP contribution is -2.54. The van der Waals surface area contributed by atoms with Crippen LogP contribution in [0.3, 0.4) is 0 Å². The number of fused-ring (bicyclic) bond motifs is 1. The minimum Gasteiger partial charge on any atom is -0.380 e. The Balaban J connectivity index is 1.60. The topological polar surface area (TPSA) is 131 Å². The van der Waals surface area contributed by atoms with E-state index in [-0.39, 0.29) is 24.3 Å². The van der Waals surface area contributed by atoms with Crippen LogP contribution in [-0.2, 0) is 20.9 Å². The predicted molar refractivity (Wildman–Crippen MR) is 99.3 cm³/mol. The molecule has 1 aromatic rings. The standard InChI is InChI=1S/C19H24N4O5/c20-6-9-28-8-1-7-21-11-12-2-3-13-14(10-12)19(27)23(18(13)26)15-4-5-16(24)22-17(15)25/h2-3,10,15,21H,1,4-9,11,20H2,(H,22,24,25). The van der Waals surface area contributed by atoms with Crippen molar-refractivity contribution in [2.45, 2.75) is 31.8 Å². The zero-order chi connectivity index (χ0) is 20.1. The number of nitrogens with one attached hydrogen (secondary N) is 2. The van der Waals surface area contributed by atoms with Crippen LogP contribution in [0, 0.1) is 0 Å². The van der Waals surface area contributed by atoms with Crippen LogP contribution in [0.15, 0.2) is 18.2 Å². The van der Waals surface area contributed by atoms with Crippen molar-refractivity contribution in [2.75, 3.05) is 26.3 Å². The second-order valence-electron chi connectivity index (χ2n) is 6.76. The average molecular weight is 388 g/mol. The summed E-state index contributed by atoms with van der Waals surface area (Å²) in [6.45, 7) is 2.97. The Bertz CT molecular complexity index is 795. The molecular weight excluding hydrogens is 364 g/mol. The quantitative estimate of drug-likeness (QED) is 0.385. The Morgan fingerprint density at radius 1 is 1.14 bits per heavy atom. The number of imide groups is 2. The Morgan fingerprint density at radius 2 is 1.93 bits per heavy atom. The van der Waals surface area contributed by atoms with Gasteiger partial charge in [0.1, 0.15) is 6.04 Å². The lowest BCUT2D eigenvalue weighted by molar-refractivity contribution is -0.136. The molecule has 1 saturated heterocycles. The van der Waals surface area contributed by atoms with Crippen LogP contribution in [0.25, 0.3) is 0 Å². The largest absolute Gasteiger partial charge is 0.380 e. The van der Waals surface area contributed by atoms with Gasteiger partial charge in [0.25, 0.3) is 11.8 Å².